The first kappa shape index (κ1) is 20.4. The highest BCUT2D eigenvalue weighted by Crippen LogP contribution is 2.29. The standard InChI is InChI=1S/C19H27N3O3/c1-13(2)8-9-21-12-16(11-20)19(23)22-14(3)15-6-7-17(24-4)18(10-15)25-5/h6-7,10,12-14,21H,8-9H2,1-5H3,(H,22,23)/b16-12-. The van der Waals surface area contributed by atoms with Crippen LogP contribution in [-0.2, 0) is 4.79 Å². The van der Waals surface area contributed by atoms with Gasteiger partial charge in [-0.1, -0.05) is 19.9 Å². The molecule has 1 unspecified atom stereocenters. The molecule has 1 amide bonds. The van der Waals surface area contributed by atoms with Gasteiger partial charge in [0.25, 0.3) is 5.91 Å². The predicted octanol–water partition coefficient (Wildman–Crippen LogP) is 2.92. The van der Waals surface area contributed by atoms with Crippen LogP contribution in [-0.4, -0.2) is 26.7 Å². The van der Waals surface area contributed by atoms with Crippen LogP contribution in [0.4, 0.5) is 0 Å². The van der Waals surface area contributed by atoms with Gasteiger partial charge in [-0.2, -0.15) is 5.26 Å². The van der Waals surface area contributed by atoms with Crippen molar-refractivity contribution in [2.24, 2.45) is 5.92 Å². The second kappa shape index (κ2) is 10.2. The van der Waals surface area contributed by atoms with Gasteiger partial charge in [0.05, 0.1) is 20.3 Å². The van der Waals surface area contributed by atoms with E-state index in [1.54, 1.807) is 26.4 Å². The number of hydrogen-bond acceptors (Lipinski definition) is 5. The third kappa shape index (κ3) is 6.38. The molecule has 0 radical (unpaired) electrons. The molecule has 0 fully saturated rings. The fourth-order valence-corrected chi connectivity index (χ4v) is 2.17. The summed E-state index contributed by atoms with van der Waals surface area (Å²) in [5.74, 6) is 1.36. The van der Waals surface area contributed by atoms with Crippen molar-refractivity contribution in [3.05, 3.63) is 35.5 Å². The highest BCUT2D eigenvalue weighted by atomic mass is 16.5. The molecule has 6 heteroatoms. The van der Waals surface area contributed by atoms with Gasteiger partial charge in [-0.15, -0.1) is 0 Å². The topological polar surface area (TPSA) is 83.4 Å². The lowest BCUT2D eigenvalue weighted by molar-refractivity contribution is -0.117. The van der Waals surface area contributed by atoms with Gasteiger partial charge in [-0.3, -0.25) is 4.79 Å². The van der Waals surface area contributed by atoms with Crippen molar-refractivity contribution in [3.63, 3.8) is 0 Å². The molecule has 1 rings (SSSR count). The minimum Gasteiger partial charge on any atom is -0.493 e. The zero-order valence-corrected chi connectivity index (χ0v) is 15.6. The highest BCUT2D eigenvalue weighted by Gasteiger charge is 2.15. The normalized spacial score (nSPS) is 12.3. The quantitative estimate of drug-likeness (QED) is 0.408. The number of nitrogens with zero attached hydrogens (tertiary/aromatic N) is 1. The Morgan fingerprint density at radius 1 is 1.24 bits per heavy atom. The summed E-state index contributed by atoms with van der Waals surface area (Å²) in [5.41, 5.74) is 0.909. The van der Waals surface area contributed by atoms with E-state index in [2.05, 4.69) is 24.5 Å². The predicted molar refractivity (Wildman–Crippen MR) is 97.3 cm³/mol. The Morgan fingerprint density at radius 3 is 2.48 bits per heavy atom. The van der Waals surface area contributed by atoms with E-state index in [0.29, 0.717) is 17.4 Å². The van der Waals surface area contributed by atoms with Crippen molar-refractivity contribution < 1.29 is 14.3 Å². The van der Waals surface area contributed by atoms with Gasteiger partial charge >= 0.3 is 0 Å². The minimum atomic E-state index is -0.415. The Balaban J connectivity index is 2.74. The molecule has 0 aliphatic rings. The molecule has 1 aromatic carbocycles. The molecule has 0 aliphatic heterocycles. The average Bonchev–Trinajstić information content (AvgIpc) is 2.60. The molecule has 1 aromatic rings. The van der Waals surface area contributed by atoms with Gasteiger partial charge in [-0.05, 0) is 37.0 Å². The summed E-state index contributed by atoms with van der Waals surface area (Å²) in [6.45, 7) is 6.81. The first-order chi connectivity index (χ1) is 11.9. The van der Waals surface area contributed by atoms with Crippen LogP contribution >= 0.6 is 0 Å². The van der Waals surface area contributed by atoms with Gasteiger partial charge in [0, 0.05) is 12.7 Å². The van der Waals surface area contributed by atoms with E-state index < -0.39 is 5.91 Å². The molecule has 0 saturated carbocycles. The smallest absolute Gasteiger partial charge is 0.263 e. The van der Waals surface area contributed by atoms with Crippen molar-refractivity contribution in [3.8, 4) is 17.6 Å². The highest BCUT2D eigenvalue weighted by molar-refractivity contribution is 5.97. The van der Waals surface area contributed by atoms with Crippen molar-refractivity contribution in [2.45, 2.75) is 33.2 Å². The Kier molecular flexibility index (Phi) is 8.34. The molecular formula is C19H27N3O3. The molecule has 0 spiro atoms. The Bertz CT molecular complexity index is 648. The fourth-order valence-electron chi connectivity index (χ4n) is 2.17. The molecular weight excluding hydrogens is 318 g/mol. The van der Waals surface area contributed by atoms with Crippen LogP contribution in [0.15, 0.2) is 30.0 Å². The molecule has 0 aromatic heterocycles. The van der Waals surface area contributed by atoms with Gasteiger partial charge in [0.2, 0.25) is 0 Å². The van der Waals surface area contributed by atoms with Crippen LogP contribution in [0, 0.1) is 17.2 Å². The Labute approximate surface area is 149 Å². The van der Waals surface area contributed by atoms with E-state index in [1.165, 1.54) is 6.20 Å². The van der Waals surface area contributed by atoms with Crippen molar-refractivity contribution >= 4 is 5.91 Å². The first-order valence-electron chi connectivity index (χ1n) is 8.29. The van der Waals surface area contributed by atoms with E-state index in [9.17, 15) is 10.1 Å². The summed E-state index contributed by atoms with van der Waals surface area (Å²) in [5, 5.41) is 15.0. The second-order valence-corrected chi connectivity index (χ2v) is 6.12. The summed E-state index contributed by atoms with van der Waals surface area (Å²) in [6, 6.07) is 7.09. The summed E-state index contributed by atoms with van der Waals surface area (Å²) < 4.78 is 10.5. The SMILES string of the molecule is COc1ccc(C(C)NC(=O)/C(C#N)=C\NCCC(C)C)cc1OC. The van der Waals surface area contributed by atoms with Crippen LogP contribution in [0.25, 0.3) is 0 Å². The molecule has 0 bridgehead atoms. The Hall–Kier alpha value is -2.68. The Morgan fingerprint density at radius 2 is 1.92 bits per heavy atom. The van der Waals surface area contributed by atoms with E-state index in [-0.39, 0.29) is 11.6 Å². The largest absolute Gasteiger partial charge is 0.493 e. The summed E-state index contributed by atoms with van der Waals surface area (Å²) in [7, 11) is 3.13. The average molecular weight is 345 g/mol. The number of carbonyl (C=O) groups excluding carboxylic acids is 1. The maximum Gasteiger partial charge on any atom is 0.263 e. The molecule has 6 nitrogen and oxygen atoms in total. The summed E-state index contributed by atoms with van der Waals surface area (Å²) in [4.78, 5) is 12.3. The lowest BCUT2D eigenvalue weighted by Crippen LogP contribution is -2.28. The molecule has 136 valence electrons. The first-order valence-corrected chi connectivity index (χ1v) is 8.29. The number of nitrogens with one attached hydrogen (secondary N) is 2. The van der Waals surface area contributed by atoms with Crippen LogP contribution in [0.3, 0.4) is 0 Å². The second-order valence-electron chi connectivity index (χ2n) is 6.12. The third-order valence-electron chi connectivity index (χ3n) is 3.73. The number of ether oxygens (including phenoxy) is 2. The molecule has 0 saturated heterocycles. The van der Waals surface area contributed by atoms with Gasteiger partial charge < -0.3 is 20.1 Å². The zero-order chi connectivity index (χ0) is 18.8. The molecule has 0 aliphatic carbocycles. The van der Waals surface area contributed by atoms with Crippen LogP contribution in [0.1, 0.15) is 38.8 Å². The number of hydrogen-bond donors (Lipinski definition) is 2. The molecule has 2 N–H and O–H groups in total. The number of carbonyl (C=O) groups is 1. The lowest BCUT2D eigenvalue weighted by Gasteiger charge is -2.16. The van der Waals surface area contributed by atoms with Crippen molar-refractivity contribution in [1.82, 2.24) is 10.6 Å². The van der Waals surface area contributed by atoms with Gasteiger partial charge in [0.15, 0.2) is 11.5 Å². The molecule has 0 heterocycles. The van der Waals surface area contributed by atoms with Crippen LogP contribution in [0.5, 0.6) is 11.5 Å². The minimum absolute atomic E-state index is 0.0519. The fraction of sp³-hybridized carbons (Fsp3) is 0.474. The van der Waals surface area contributed by atoms with E-state index in [0.717, 1.165) is 18.5 Å². The van der Waals surface area contributed by atoms with Crippen molar-refractivity contribution in [1.29, 1.82) is 5.26 Å². The van der Waals surface area contributed by atoms with Crippen LogP contribution < -0.4 is 20.1 Å². The summed E-state index contributed by atoms with van der Waals surface area (Å²) >= 11 is 0. The molecule has 1 atom stereocenters. The van der Waals surface area contributed by atoms with Gasteiger partial charge in [0.1, 0.15) is 11.6 Å². The summed E-state index contributed by atoms with van der Waals surface area (Å²) in [6.07, 6.45) is 2.44. The number of rotatable bonds is 9. The number of amides is 1. The zero-order valence-electron chi connectivity index (χ0n) is 15.6. The van der Waals surface area contributed by atoms with E-state index in [4.69, 9.17) is 9.47 Å². The van der Waals surface area contributed by atoms with Crippen LogP contribution in [0.2, 0.25) is 0 Å². The number of benzene rings is 1. The monoisotopic (exact) mass is 345 g/mol. The van der Waals surface area contributed by atoms with E-state index >= 15 is 0 Å². The lowest BCUT2D eigenvalue weighted by atomic mass is 10.1. The van der Waals surface area contributed by atoms with Crippen molar-refractivity contribution in [2.75, 3.05) is 20.8 Å². The maximum atomic E-state index is 12.3. The number of methoxy groups -OCH3 is 2. The molecule has 25 heavy (non-hydrogen) atoms. The maximum absolute atomic E-state index is 12.3. The number of nitriles is 1. The van der Waals surface area contributed by atoms with Gasteiger partial charge in [-0.25, -0.2) is 0 Å². The van der Waals surface area contributed by atoms with E-state index in [1.807, 2.05) is 19.1 Å². The third-order valence-corrected chi connectivity index (χ3v) is 3.73.